The van der Waals surface area contributed by atoms with Crippen molar-refractivity contribution < 1.29 is 9.59 Å². The van der Waals surface area contributed by atoms with Gasteiger partial charge in [-0.3, -0.25) is 9.69 Å². The molecule has 0 bridgehead atoms. The van der Waals surface area contributed by atoms with Crippen molar-refractivity contribution in [3.05, 3.63) is 48.0 Å². The SMILES string of the molecule is CCN(C)CN1C(=O)NC(C)(c2cccc3ccccc23)C1=O. The van der Waals surface area contributed by atoms with Crippen LogP contribution in [-0.2, 0) is 10.3 Å². The Balaban J connectivity index is 2.05. The molecule has 0 aromatic heterocycles. The van der Waals surface area contributed by atoms with Gasteiger partial charge in [-0.05, 0) is 36.9 Å². The van der Waals surface area contributed by atoms with E-state index in [0.717, 1.165) is 22.9 Å². The standard InChI is InChI=1S/C18H21N3O2/c1-4-20(3)12-21-16(22)18(2,19-17(21)23)15-11-7-9-13-8-5-6-10-14(13)15/h5-11H,4,12H2,1-3H3,(H,19,23). The van der Waals surface area contributed by atoms with Crippen LogP contribution in [0.2, 0.25) is 0 Å². The van der Waals surface area contributed by atoms with E-state index < -0.39 is 5.54 Å². The predicted octanol–water partition coefficient (Wildman–Crippen LogP) is 2.52. The maximum atomic E-state index is 12.9. The van der Waals surface area contributed by atoms with Gasteiger partial charge in [0.15, 0.2) is 0 Å². The van der Waals surface area contributed by atoms with Gasteiger partial charge < -0.3 is 5.32 Å². The van der Waals surface area contributed by atoms with E-state index in [1.807, 2.05) is 61.3 Å². The van der Waals surface area contributed by atoms with Gasteiger partial charge >= 0.3 is 6.03 Å². The quantitative estimate of drug-likeness (QED) is 0.883. The number of amides is 3. The molecule has 0 spiro atoms. The molecule has 1 aliphatic heterocycles. The molecular formula is C18H21N3O2. The van der Waals surface area contributed by atoms with Crippen LogP contribution in [0.15, 0.2) is 42.5 Å². The lowest BCUT2D eigenvalue weighted by Gasteiger charge is -2.25. The van der Waals surface area contributed by atoms with Crippen LogP contribution in [0.3, 0.4) is 0 Å². The monoisotopic (exact) mass is 311 g/mol. The van der Waals surface area contributed by atoms with E-state index in [0.29, 0.717) is 6.67 Å². The van der Waals surface area contributed by atoms with Crippen molar-refractivity contribution >= 4 is 22.7 Å². The molecule has 1 atom stereocenters. The minimum atomic E-state index is -1.04. The number of nitrogens with zero attached hydrogens (tertiary/aromatic N) is 2. The van der Waals surface area contributed by atoms with Gasteiger partial charge in [0.05, 0.1) is 6.67 Å². The van der Waals surface area contributed by atoms with Crippen molar-refractivity contribution in [1.29, 1.82) is 0 Å². The Labute approximate surface area is 135 Å². The first-order valence-corrected chi connectivity index (χ1v) is 7.78. The van der Waals surface area contributed by atoms with Gasteiger partial charge in [-0.25, -0.2) is 9.69 Å². The normalized spacial score (nSPS) is 21.3. The van der Waals surface area contributed by atoms with E-state index in [2.05, 4.69) is 5.32 Å². The highest BCUT2D eigenvalue weighted by molar-refractivity contribution is 6.09. The van der Waals surface area contributed by atoms with Gasteiger partial charge in [-0.2, -0.15) is 0 Å². The summed E-state index contributed by atoms with van der Waals surface area (Å²) in [5.74, 6) is -0.209. The molecule has 23 heavy (non-hydrogen) atoms. The van der Waals surface area contributed by atoms with Crippen LogP contribution in [0.1, 0.15) is 19.4 Å². The number of carbonyl (C=O) groups excluding carboxylic acids is 2. The molecule has 2 aromatic rings. The molecule has 0 saturated carbocycles. The van der Waals surface area contributed by atoms with Crippen LogP contribution >= 0.6 is 0 Å². The second-order valence-corrected chi connectivity index (χ2v) is 6.13. The Bertz CT molecular complexity index is 768. The summed E-state index contributed by atoms with van der Waals surface area (Å²) in [6.07, 6.45) is 0. The lowest BCUT2D eigenvalue weighted by molar-refractivity contribution is -0.132. The molecule has 3 rings (SSSR count). The molecule has 2 aromatic carbocycles. The summed E-state index contributed by atoms with van der Waals surface area (Å²) in [6, 6.07) is 13.4. The second kappa shape index (κ2) is 5.66. The molecule has 1 saturated heterocycles. The van der Waals surface area contributed by atoms with Crippen molar-refractivity contribution in [2.24, 2.45) is 0 Å². The smallest absolute Gasteiger partial charge is 0.319 e. The summed E-state index contributed by atoms with van der Waals surface area (Å²) >= 11 is 0. The second-order valence-electron chi connectivity index (χ2n) is 6.13. The number of hydrogen-bond donors (Lipinski definition) is 1. The molecule has 1 unspecified atom stereocenters. The minimum Gasteiger partial charge on any atom is -0.319 e. The number of rotatable bonds is 4. The maximum Gasteiger partial charge on any atom is 0.326 e. The van der Waals surface area contributed by atoms with Gasteiger partial charge in [-0.15, -0.1) is 0 Å². The number of nitrogens with one attached hydrogen (secondary N) is 1. The molecule has 5 heteroatoms. The minimum absolute atomic E-state index is 0.209. The fourth-order valence-corrected chi connectivity index (χ4v) is 3.01. The van der Waals surface area contributed by atoms with Crippen molar-refractivity contribution in [1.82, 2.24) is 15.1 Å². The van der Waals surface area contributed by atoms with E-state index >= 15 is 0 Å². The van der Waals surface area contributed by atoms with E-state index in [4.69, 9.17) is 0 Å². The zero-order valence-electron chi connectivity index (χ0n) is 13.7. The lowest BCUT2D eigenvalue weighted by atomic mass is 9.88. The van der Waals surface area contributed by atoms with Gasteiger partial charge in [0.2, 0.25) is 0 Å². The molecule has 0 aliphatic carbocycles. The average Bonchev–Trinajstić information content (AvgIpc) is 2.78. The summed E-state index contributed by atoms with van der Waals surface area (Å²) < 4.78 is 0. The third kappa shape index (κ3) is 2.47. The predicted molar refractivity (Wildman–Crippen MR) is 89.8 cm³/mol. The van der Waals surface area contributed by atoms with Gasteiger partial charge in [0.25, 0.3) is 5.91 Å². The van der Waals surface area contributed by atoms with Crippen LogP contribution < -0.4 is 5.32 Å². The van der Waals surface area contributed by atoms with Gasteiger partial charge in [-0.1, -0.05) is 49.4 Å². The van der Waals surface area contributed by atoms with Crippen LogP contribution in [-0.4, -0.2) is 42.0 Å². The highest BCUT2D eigenvalue weighted by atomic mass is 16.2. The van der Waals surface area contributed by atoms with Gasteiger partial charge in [0, 0.05) is 0 Å². The van der Waals surface area contributed by atoms with Crippen LogP contribution in [0.25, 0.3) is 10.8 Å². The molecule has 3 amide bonds. The Morgan fingerprint density at radius 2 is 1.83 bits per heavy atom. The number of imide groups is 1. The van der Waals surface area contributed by atoms with Crippen LogP contribution in [0.5, 0.6) is 0 Å². The molecule has 120 valence electrons. The van der Waals surface area contributed by atoms with Crippen molar-refractivity contribution in [3.8, 4) is 0 Å². The highest BCUT2D eigenvalue weighted by Gasteiger charge is 2.49. The first-order valence-electron chi connectivity index (χ1n) is 7.78. The van der Waals surface area contributed by atoms with E-state index in [1.165, 1.54) is 4.90 Å². The van der Waals surface area contributed by atoms with Crippen molar-refractivity contribution in [3.63, 3.8) is 0 Å². The summed E-state index contributed by atoms with van der Waals surface area (Å²) in [4.78, 5) is 28.5. The number of hydrogen-bond acceptors (Lipinski definition) is 3. The van der Waals surface area contributed by atoms with Crippen molar-refractivity contribution in [2.45, 2.75) is 19.4 Å². The summed E-state index contributed by atoms with van der Waals surface area (Å²) in [6.45, 7) is 4.83. The number of urea groups is 1. The average molecular weight is 311 g/mol. The highest BCUT2D eigenvalue weighted by Crippen LogP contribution is 2.33. The third-order valence-corrected chi connectivity index (χ3v) is 4.53. The molecular weight excluding hydrogens is 290 g/mol. The molecule has 1 aliphatic rings. The summed E-state index contributed by atoms with van der Waals surface area (Å²) in [7, 11) is 1.88. The maximum absolute atomic E-state index is 12.9. The largest absolute Gasteiger partial charge is 0.326 e. The lowest BCUT2D eigenvalue weighted by Crippen LogP contribution is -2.43. The van der Waals surface area contributed by atoms with E-state index in [9.17, 15) is 9.59 Å². The van der Waals surface area contributed by atoms with Crippen LogP contribution in [0.4, 0.5) is 4.79 Å². The Morgan fingerprint density at radius 3 is 2.57 bits per heavy atom. The Kier molecular flexibility index (Phi) is 3.82. The molecule has 5 nitrogen and oxygen atoms in total. The third-order valence-electron chi connectivity index (χ3n) is 4.53. The van der Waals surface area contributed by atoms with Crippen molar-refractivity contribution in [2.75, 3.05) is 20.3 Å². The zero-order valence-corrected chi connectivity index (χ0v) is 13.7. The van der Waals surface area contributed by atoms with Crippen LogP contribution in [0, 0.1) is 0 Å². The fraction of sp³-hybridized carbons (Fsp3) is 0.333. The topological polar surface area (TPSA) is 52.6 Å². The molecule has 1 heterocycles. The molecule has 1 fully saturated rings. The van der Waals surface area contributed by atoms with E-state index in [-0.39, 0.29) is 11.9 Å². The first kappa shape index (κ1) is 15.5. The fourth-order valence-electron chi connectivity index (χ4n) is 3.01. The summed E-state index contributed by atoms with van der Waals surface area (Å²) in [5.41, 5.74) is -0.206. The Morgan fingerprint density at radius 1 is 1.13 bits per heavy atom. The molecule has 0 radical (unpaired) electrons. The van der Waals surface area contributed by atoms with Gasteiger partial charge in [0.1, 0.15) is 5.54 Å². The van der Waals surface area contributed by atoms with E-state index in [1.54, 1.807) is 6.92 Å². The number of carbonyl (C=O) groups is 2. The number of benzene rings is 2. The Hall–Kier alpha value is -2.40. The molecule has 1 N–H and O–H groups in total. The number of fused-ring (bicyclic) bond motifs is 1. The zero-order chi connectivity index (χ0) is 16.6. The first-order chi connectivity index (χ1) is 11.0. The summed E-state index contributed by atoms with van der Waals surface area (Å²) in [5, 5.41) is 4.92.